The van der Waals surface area contributed by atoms with E-state index in [9.17, 15) is 0 Å². The number of benzene rings is 10. The summed E-state index contributed by atoms with van der Waals surface area (Å²) in [6, 6.07) is 89.5. The summed E-state index contributed by atoms with van der Waals surface area (Å²) in [6.07, 6.45) is 0. The Morgan fingerprint density at radius 1 is 0.348 bits per heavy atom. The van der Waals surface area contributed by atoms with Gasteiger partial charge in [-0.15, -0.1) is 0 Å². The molecule has 2 aliphatic heterocycles. The quantitative estimate of drug-likeness (QED) is 0.128. The Balaban J connectivity index is 1.10. The van der Waals surface area contributed by atoms with Crippen molar-refractivity contribution >= 4 is 74.3 Å². The van der Waals surface area contributed by atoms with Crippen LogP contribution in [0.2, 0.25) is 0 Å². The average molecular weight is 848 g/mol. The van der Waals surface area contributed by atoms with Crippen LogP contribution in [0.4, 0.5) is 51.2 Å². The monoisotopic (exact) mass is 847 g/mol. The van der Waals surface area contributed by atoms with Crippen molar-refractivity contribution in [2.24, 2.45) is 0 Å². The zero-order valence-electron chi connectivity index (χ0n) is 36.0. The molecule has 0 aliphatic carbocycles. The van der Waals surface area contributed by atoms with Crippen LogP contribution in [0, 0.1) is 0 Å². The van der Waals surface area contributed by atoms with Gasteiger partial charge in [-0.2, -0.15) is 0 Å². The van der Waals surface area contributed by atoms with Crippen LogP contribution in [0.15, 0.2) is 255 Å². The summed E-state index contributed by atoms with van der Waals surface area (Å²) < 4.78 is 13.9. The molecule has 0 N–H and O–H groups in total. The maximum atomic E-state index is 7.19. The normalized spacial score (nSPS) is 12.0. The third-order valence-electron chi connectivity index (χ3n) is 12.5. The molecule has 2 heterocycles. The third kappa shape index (κ3) is 7.11. The molecule has 2 aliphatic rings. The summed E-state index contributed by atoms with van der Waals surface area (Å²) in [5.74, 6) is 2.99. The van der Waals surface area contributed by atoms with Gasteiger partial charge in [0.1, 0.15) is 23.0 Å². The lowest BCUT2D eigenvalue weighted by molar-refractivity contribution is 0.463. The van der Waals surface area contributed by atoms with Crippen molar-refractivity contribution in [1.82, 2.24) is 0 Å². The van der Waals surface area contributed by atoms with Crippen molar-refractivity contribution in [2.45, 2.75) is 0 Å². The van der Waals surface area contributed by atoms with Crippen LogP contribution in [0.1, 0.15) is 0 Å². The van der Waals surface area contributed by atoms with Crippen LogP contribution in [0.5, 0.6) is 23.0 Å². The van der Waals surface area contributed by atoms with Crippen LogP contribution < -0.4 is 40.6 Å². The lowest BCUT2D eigenvalue weighted by Crippen LogP contribution is -2.59. The maximum absolute atomic E-state index is 7.19. The van der Waals surface area contributed by atoms with Gasteiger partial charge in [-0.1, -0.05) is 146 Å². The van der Waals surface area contributed by atoms with Gasteiger partial charge in [-0.3, -0.25) is 0 Å². The number of hydrogen-bond donors (Lipinski definition) is 0. The second-order valence-electron chi connectivity index (χ2n) is 16.5. The van der Waals surface area contributed by atoms with E-state index >= 15 is 0 Å². The highest BCUT2D eigenvalue weighted by molar-refractivity contribution is 6.99. The Kier molecular flexibility index (Phi) is 9.88. The van der Waals surface area contributed by atoms with Crippen molar-refractivity contribution in [3.63, 3.8) is 0 Å². The summed E-state index contributed by atoms with van der Waals surface area (Å²) >= 11 is 0. The number of anilines is 9. The molecule has 0 aromatic heterocycles. The molecular formula is C60H42BN3O2. The molecule has 0 spiro atoms. The van der Waals surface area contributed by atoms with Crippen molar-refractivity contribution in [2.75, 3.05) is 14.7 Å². The highest BCUT2D eigenvalue weighted by Crippen LogP contribution is 2.47. The Labute approximate surface area is 385 Å². The second kappa shape index (κ2) is 16.8. The maximum Gasteiger partial charge on any atom is 0.256 e. The minimum absolute atomic E-state index is 0.153. The lowest BCUT2D eigenvalue weighted by Gasteiger charge is -2.41. The molecule has 312 valence electrons. The summed E-state index contributed by atoms with van der Waals surface area (Å²) in [4.78, 5) is 7.02. The van der Waals surface area contributed by atoms with Gasteiger partial charge in [0.05, 0.1) is 0 Å². The molecule has 0 saturated heterocycles. The molecule has 0 atom stereocenters. The van der Waals surface area contributed by atoms with E-state index < -0.39 is 0 Å². The summed E-state index contributed by atoms with van der Waals surface area (Å²) in [5, 5.41) is 0. The number of nitrogens with zero attached hydrogens (tertiary/aromatic N) is 3. The minimum Gasteiger partial charge on any atom is -0.458 e. The molecule has 0 fully saturated rings. The third-order valence-corrected chi connectivity index (χ3v) is 12.5. The molecule has 10 aromatic rings. The Morgan fingerprint density at radius 3 is 1.42 bits per heavy atom. The van der Waals surface area contributed by atoms with Gasteiger partial charge in [0.15, 0.2) is 0 Å². The molecule has 6 heteroatoms. The molecule has 0 amide bonds. The summed E-state index contributed by atoms with van der Waals surface area (Å²) in [6.45, 7) is -0.153. The van der Waals surface area contributed by atoms with Gasteiger partial charge in [0.2, 0.25) is 0 Å². The fourth-order valence-corrected chi connectivity index (χ4v) is 9.59. The first kappa shape index (κ1) is 38.9. The molecule has 5 nitrogen and oxygen atoms in total. The number of rotatable bonds is 10. The molecule has 0 radical (unpaired) electrons. The Hall–Kier alpha value is -8.74. The first-order valence-electron chi connectivity index (χ1n) is 22.4. The minimum atomic E-state index is -0.153. The lowest BCUT2D eigenvalue weighted by atomic mass is 9.34. The van der Waals surface area contributed by atoms with Crippen molar-refractivity contribution in [3.05, 3.63) is 255 Å². The topological polar surface area (TPSA) is 28.2 Å². The predicted molar refractivity (Wildman–Crippen MR) is 274 cm³/mol. The fourth-order valence-electron chi connectivity index (χ4n) is 9.59. The predicted octanol–water partition coefficient (Wildman–Crippen LogP) is 14.5. The van der Waals surface area contributed by atoms with Crippen molar-refractivity contribution in [3.8, 4) is 34.1 Å². The van der Waals surface area contributed by atoms with E-state index in [2.05, 4.69) is 239 Å². The number of ether oxygens (including phenoxy) is 2. The van der Waals surface area contributed by atoms with E-state index in [4.69, 9.17) is 9.47 Å². The molecule has 12 rings (SSSR count). The molecular weight excluding hydrogens is 805 g/mol. The van der Waals surface area contributed by atoms with Gasteiger partial charge in [0.25, 0.3) is 6.71 Å². The van der Waals surface area contributed by atoms with E-state index in [0.29, 0.717) is 5.75 Å². The molecule has 0 bridgehead atoms. The van der Waals surface area contributed by atoms with Crippen LogP contribution in [-0.2, 0) is 0 Å². The van der Waals surface area contributed by atoms with Crippen LogP contribution in [0.25, 0.3) is 11.1 Å². The first-order valence-corrected chi connectivity index (χ1v) is 22.4. The average Bonchev–Trinajstić information content (AvgIpc) is 3.38. The highest BCUT2D eigenvalue weighted by Gasteiger charge is 2.43. The van der Waals surface area contributed by atoms with Crippen molar-refractivity contribution in [1.29, 1.82) is 0 Å². The van der Waals surface area contributed by atoms with Gasteiger partial charge in [-0.05, 0) is 119 Å². The highest BCUT2D eigenvalue weighted by atomic mass is 16.5. The van der Waals surface area contributed by atoms with Gasteiger partial charge < -0.3 is 24.2 Å². The Morgan fingerprint density at radius 2 is 0.848 bits per heavy atom. The molecule has 0 unspecified atom stereocenters. The first-order chi connectivity index (χ1) is 32.7. The van der Waals surface area contributed by atoms with Crippen LogP contribution >= 0.6 is 0 Å². The van der Waals surface area contributed by atoms with Gasteiger partial charge >= 0.3 is 0 Å². The summed E-state index contributed by atoms with van der Waals surface area (Å²) in [5.41, 5.74) is 15.0. The zero-order valence-corrected chi connectivity index (χ0v) is 36.0. The zero-order chi connectivity index (χ0) is 43.8. The van der Waals surface area contributed by atoms with E-state index in [-0.39, 0.29) is 6.71 Å². The van der Waals surface area contributed by atoms with E-state index in [1.165, 1.54) is 5.46 Å². The number of fused-ring (bicyclic) bond motifs is 4. The van der Waals surface area contributed by atoms with Crippen molar-refractivity contribution < 1.29 is 9.47 Å². The smallest absolute Gasteiger partial charge is 0.256 e. The molecule has 0 saturated carbocycles. The number of hydrogen-bond acceptors (Lipinski definition) is 5. The van der Waals surface area contributed by atoms with Gasteiger partial charge in [-0.25, -0.2) is 0 Å². The SMILES string of the molecule is c1ccc(Oc2cc3c4c(c2)N(c2cccc(-c5ccccc5)c2)c2cc(N(c5ccccc5)c5ccccc5)ccc2B4c2ccc(N(c4ccccc4)c4ccccc4)cc2O3)cc1. The Bertz CT molecular complexity index is 3240. The second-order valence-corrected chi connectivity index (χ2v) is 16.5. The fraction of sp³-hybridized carbons (Fsp3) is 0. The van der Waals surface area contributed by atoms with E-state index in [0.717, 1.165) is 90.5 Å². The number of para-hydroxylation sites is 5. The van der Waals surface area contributed by atoms with Crippen LogP contribution in [0.3, 0.4) is 0 Å². The largest absolute Gasteiger partial charge is 0.458 e. The molecule has 10 aromatic carbocycles. The van der Waals surface area contributed by atoms with E-state index in [1.807, 2.05) is 30.3 Å². The van der Waals surface area contributed by atoms with Crippen LogP contribution in [-0.4, -0.2) is 6.71 Å². The van der Waals surface area contributed by atoms with Gasteiger partial charge in [0, 0.05) is 69.4 Å². The standard InChI is InChI=1S/C60H42BN3O2/c1-7-20-43(21-8-1)44-22-19-31-49(38-44)64-56-39-50(62(45-23-9-2-10-24-45)46-25-11-3-12-26-46)34-36-54(56)61-55-37-35-51(63(47-27-13-4-14-28-47)48-29-15-5-16-30-48)40-58(55)66-59-42-53(41-57(64)60(59)61)65-52-32-17-6-18-33-52/h1-42H. The van der Waals surface area contributed by atoms with E-state index in [1.54, 1.807) is 0 Å². The molecule has 66 heavy (non-hydrogen) atoms. The summed E-state index contributed by atoms with van der Waals surface area (Å²) in [7, 11) is 0.